The topological polar surface area (TPSA) is 79.9 Å². The van der Waals surface area contributed by atoms with Crippen LogP contribution in [-0.2, 0) is 6.42 Å². The third-order valence-corrected chi connectivity index (χ3v) is 6.08. The summed E-state index contributed by atoms with van der Waals surface area (Å²) < 4.78 is 5.42. The standard InChI is InChI=1S/C26H26N4O2/c1-4-23-21-9-10-24(28-25(21)30-29-23)22-14-19(8-5-15(22)2)27-26(31)18-11-17(16-6-7-16)12-20(13-18)32-3/h5,8-14,16H,4,6-7H2,1-3H3,(H,27,31)(H,28,29,30). The van der Waals surface area contributed by atoms with Crippen LogP contribution < -0.4 is 10.1 Å². The van der Waals surface area contributed by atoms with E-state index in [0.29, 0.717) is 17.2 Å². The molecule has 32 heavy (non-hydrogen) atoms. The van der Waals surface area contributed by atoms with Gasteiger partial charge in [0.1, 0.15) is 5.75 Å². The second-order valence-corrected chi connectivity index (χ2v) is 8.37. The number of aryl methyl sites for hydroxylation is 2. The normalized spacial score (nSPS) is 13.3. The lowest BCUT2D eigenvalue weighted by Crippen LogP contribution is -2.12. The number of benzene rings is 2. The number of rotatable bonds is 6. The van der Waals surface area contributed by atoms with Crippen molar-refractivity contribution in [2.75, 3.05) is 12.4 Å². The van der Waals surface area contributed by atoms with E-state index in [2.05, 4.69) is 28.5 Å². The van der Waals surface area contributed by atoms with Gasteiger partial charge in [0.05, 0.1) is 18.5 Å². The van der Waals surface area contributed by atoms with E-state index in [1.54, 1.807) is 13.2 Å². The van der Waals surface area contributed by atoms with Crippen LogP contribution in [-0.4, -0.2) is 28.2 Å². The van der Waals surface area contributed by atoms with Gasteiger partial charge in [-0.3, -0.25) is 9.89 Å². The van der Waals surface area contributed by atoms with Gasteiger partial charge in [-0.2, -0.15) is 5.10 Å². The van der Waals surface area contributed by atoms with Crippen molar-refractivity contribution in [1.82, 2.24) is 15.2 Å². The first kappa shape index (κ1) is 20.2. The van der Waals surface area contributed by atoms with E-state index < -0.39 is 0 Å². The smallest absolute Gasteiger partial charge is 0.255 e. The van der Waals surface area contributed by atoms with Gasteiger partial charge in [-0.15, -0.1) is 0 Å². The van der Waals surface area contributed by atoms with E-state index in [9.17, 15) is 4.79 Å². The van der Waals surface area contributed by atoms with Gasteiger partial charge in [-0.05, 0) is 85.7 Å². The van der Waals surface area contributed by atoms with Crippen molar-refractivity contribution in [3.8, 4) is 17.0 Å². The summed E-state index contributed by atoms with van der Waals surface area (Å²) in [4.78, 5) is 17.8. The van der Waals surface area contributed by atoms with E-state index in [1.165, 1.54) is 18.4 Å². The van der Waals surface area contributed by atoms with Crippen LogP contribution >= 0.6 is 0 Å². The van der Waals surface area contributed by atoms with Crippen LogP contribution in [0.3, 0.4) is 0 Å². The first-order valence-corrected chi connectivity index (χ1v) is 11.0. The summed E-state index contributed by atoms with van der Waals surface area (Å²) in [5.41, 5.74) is 7.20. The second-order valence-electron chi connectivity index (χ2n) is 8.37. The number of hydrogen-bond acceptors (Lipinski definition) is 4. The molecular weight excluding hydrogens is 400 g/mol. The number of anilines is 1. The van der Waals surface area contributed by atoms with Crippen molar-refractivity contribution in [2.24, 2.45) is 0 Å². The fraction of sp³-hybridized carbons (Fsp3) is 0.269. The predicted molar refractivity (Wildman–Crippen MR) is 126 cm³/mol. The number of hydrogen-bond donors (Lipinski definition) is 2. The summed E-state index contributed by atoms with van der Waals surface area (Å²) in [5, 5.41) is 11.5. The van der Waals surface area contributed by atoms with Gasteiger partial charge >= 0.3 is 0 Å². The SMILES string of the molecule is CCc1n[nH]c2nc(-c3cc(NC(=O)c4cc(OC)cc(C5CC5)c4)ccc3C)ccc12. The third kappa shape index (κ3) is 3.84. The Morgan fingerprint density at radius 3 is 2.75 bits per heavy atom. The first-order chi connectivity index (χ1) is 15.6. The van der Waals surface area contributed by atoms with Gasteiger partial charge in [-0.25, -0.2) is 4.98 Å². The van der Waals surface area contributed by atoms with Crippen LogP contribution in [0.2, 0.25) is 0 Å². The number of ether oxygens (including phenoxy) is 1. The van der Waals surface area contributed by atoms with Crippen LogP contribution in [0, 0.1) is 6.92 Å². The van der Waals surface area contributed by atoms with Crippen molar-refractivity contribution in [1.29, 1.82) is 0 Å². The molecule has 1 saturated carbocycles. The van der Waals surface area contributed by atoms with Gasteiger partial charge in [0.2, 0.25) is 0 Å². The maximum Gasteiger partial charge on any atom is 0.255 e. The molecule has 0 atom stereocenters. The Bertz CT molecular complexity index is 1320. The minimum absolute atomic E-state index is 0.148. The number of aromatic amines is 1. The molecule has 6 heteroatoms. The fourth-order valence-electron chi connectivity index (χ4n) is 4.08. The Labute approximate surface area is 187 Å². The highest BCUT2D eigenvalue weighted by atomic mass is 16.5. The largest absolute Gasteiger partial charge is 0.497 e. The maximum atomic E-state index is 13.0. The molecule has 0 bridgehead atoms. The van der Waals surface area contributed by atoms with E-state index in [4.69, 9.17) is 9.72 Å². The Morgan fingerprint density at radius 1 is 1.16 bits per heavy atom. The van der Waals surface area contributed by atoms with E-state index >= 15 is 0 Å². The summed E-state index contributed by atoms with van der Waals surface area (Å²) in [6.07, 6.45) is 3.19. The molecule has 0 radical (unpaired) electrons. The molecule has 2 aromatic carbocycles. The number of carbonyl (C=O) groups is 1. The maximum absolute atomic E-state index is 13.0. The molecule has 1 aliphatic carbocycles. The van der Waals surface area contributed by atoms with Gasteiger partial charge in [0.15, 0.2) is 5.65 Å². The average molecular weight is 427 g/mol. The molecule has 4 aromatic rings. The van der Waals surface area contributed by atoms with Crippen molar-refractivity contribution >= 4 is 22.6 Å². The fourth-order valence-corrected chi connectivity index (χ4v) is 4.08. The number of methoxy groups -OCH3 is 1. The molecule has 1 fully saturated rings. The third-order valence-electron chi connectivity index (χ3n) is 6.08. The molecule has 2 N–H and O–H groups in total. The van der Waals surface area contributed by atoms with Crippen molar-refractivity contribution in [3.63, 3.8) is 0 Å². The number of aromatic nitrogens is 3. The monoisotopic (exact) mass is 426 g/mol. The minimum atomic E-state index is -0.148. The molecule has 0 saturated heterocycles. The number of amides is 1. The molecule has 0 aliphatic heterocycles. The Morgan fingerprint density at radius 2 is 2.00 bits per heavy atom. The Hall–Kier alpha value is -3.67. The zero-order valence-corrected chi connectivity index (χ0v) is 18.5. The van der Waals surface area contributed by atoms with Crippen LogP contribution in [0.15, 0.2) is 48.5 Å². The van der Waals surface area contributed by atoms with Gasteiger partial charge in [0, 0.05) is 22.2 Å². The average Bonchev–Trinajstić information content (AvgIpc) is 3.59. The minimum Gasteiger partial charge on any atom is -0.497 e. The predicted octanol–water partition coefficient (Wildman–Crippen LogP) is 5.63. The molecule has 5 rings (SSSR count). The molecule has 1 amide bonds. The summed E-state index contributed by atoms with van der Waals surface area (Å²) in [5.74, 6) is 1.11. The van der Waals surface area contributed by atoms with Crippen molar-refractivity contribution < 1.29 is 9.53 Å². The molecule has 2 heterocycles. The van der Waals surface area contributed by atoms with E-state index in [0.717, 1.165) is 45.7 Å². The van der Waals surface area contributed by atoms with Gasteiger partial charge < -0.3 is 10.1 Å². The highest BCUT2D eigenvalue weighted by molar-refractivity contribution is 6.05. The zero-order valence-electron chi connectivity index (χ0n) is 18.5. The molecule has 1 aliphatic rings. The van der Waals surface area contributed by atoms with Crippen molar-refractivity contribution in [2.45, 2.75) is 39.0 Å². The zero-order chi connectivity index (χ0) is 22.2. The number of pyridine rings is 1. The summed E-state index contributed by atoms with van der Waals surface area (Å²) >= 11 is 0. The molecular formula is C26H26N4O2. The molecule has 0 unspecified atom stereocenters. The van der Waals surface area contributed by atoms with Gasteiger partial charge in [0.25, 0.3) is 5.91 Å². The molecule has 6 nitrogen and oxygen atoms in total. The van der Waals surface area contributed by atoms with E-state index in [-0.39, 0.29) is 5.91 Å². The van der Waals surface area contributed by atoms with Crippen molar-refractivity contribution in [3.05, 3.63) is 70.9 Å². The number of nitrogens with one attached hydrogen (secondary N) is 2. The number of nitrogens with zero attached hydrogens (tertiary/aromatic N) is 2. The molecule has 2 aromatic heterocycles. The first-order valence-electron chi connectivity index (χ1n) is 11.0. The van der Waals surface area contributed by atoms with E-state index in [1.807, 2.05) is 43.3 Å². The summed E-state index contributed by atoms with van der Waals surface area (Å²) in [7, 11) is 1.63. The molecule has 162 valence electrons. The lowest BCUT2D eigenvalue weighted by Gasteiger charge is -2.12. The number of H-pyrrole nitrogens is 1. The number of fused-ring (bicyclic) bond motifs is 1. The van der Waals surface area contributed by atoms with Gasteiger partial charge in [-0.1, -0.05) is 13.0 Å². The van der Waals surface area contributed by atoms with Crippen LogP contribution in [0.4, 0.5) is 5.69 Å². The highest BCUT2D eigenvalue weighted by Crippen LogP contribution is 2.41. The number of carbonyl (C=O) groups excluding carboxylic acids is 1. The van der Waals surface area contributed by atoms with Crippen LogP contribution in [0.5, 0.6) is 5.75 Å². The lowest BCUT2D eigenvalue weighted by atomic mass is 10.0. The lowest BCUT2D eigenvalue weighted by molar-refractivity contribution is 0.102. The van der Waals surface area contributed by atoms with Crippen LogP contribution in [0.25, 0.3) is 22.3 Å². The second kappa shape index (κ2) is 8.11. The Kier molecular flexibility index (Phi) is 5.13. The summed E-state index contributed by atoms with van der Waals surface area (Å²) in [6.45, 7) is 4.12. The summed E-state index contributed by atoms with van der Waals surface area (Å²) in [6, 6.07) is 15.7. The van der Waals surface area contributed by atoms with Crippen LogP contribution in [0.1, 0.15) is 52.9 Å². The highest BCUT2D eigenvalue weighted by Gasteiger charge is 2.25. The quantitative estimate of drug-likeness (QED) is 0.418. The Balaban J connectivity index is 1.44. The molecule has 0 spiro atoms.